The molecule has 1 unspecified atom stereocenters. The lowest BCUT2D eigenvalue weighted by Gasteiger charge is -2.35. The molecule has 1 aliphatic rings. The number of hydrogen-bond acceptors (Lipinski definition) is 3. The van der Waals surface area contributed by atoms with Gasteiger partial charge in [-0.05, 0) is 32.4 Å². The second-order valence-corrected chi connectivity index (χ2v) is 5.18. The molecule has 22 heavy (non-hydrogen) atoms. The zero-order valence-corrected chi connectivity index (χ0v) is 13.3. The third-order valence-corrected chi connectivity index (χ3v) is 3.66. The van der Waals surface area contributed by atoms with E-state index < -0.39 is 0 Å². The van der Waals surface area contributed by atoms with Crippen LogP contribution >= 0.6 is 0 Å². The van der Waals surface area contributed by atoms with Crippen molar-refractivity contribution in [2.24, 2.45) is 0 Å². The summed E-state index contributed by atoms with van der Waals surface area (Å²) in [6, 6.07) is 8.77. The number of rotatable bonds is 5. The van der Waals surface area contributed by atoms with Crippen LogP contribution in [-0.4, -0.2) is 24.6 Å². The summed E-state index contributed by atoms with van der Waals surface area (Å²) in [5.41, 5.74) is 1.90. The lowest BCUT2D eigenvalue weighted by molar-refractivity contribution is -0.139. The van der Waals surface area contributed by atoms with Crippen LogP contribution in [0.1, 0.15) is 33.6 Å². The van der Waals surface area contributed by atoms with E-state index in [1.54, 1.807) is 13.8 Å². The van der Waals surface area contributed by atoms with E-state index >= 15 is 0 Å². The van der Waals surface area contributed by atoms with E-state index in [1.807, 2.05) is 37.3 Å². The molecule has 1 aliphatic heterocycles. The predicted molar refractivity (Wildman–Crippen MR) is 85.5 cm³/mol. The van der Waals surface area contributed by atoms with Crippen LogP contribution < -0.4 is 10.2 Å². The average Bonchev–Trinajstić information content (AvgIpc) is 2.48. The normalized spacial score (nSPS) is 18.2. The molecule has 1 aromatic rings. The van der Waals surface area contributed by atoms with E-state index in [2.05, 4.69) is 5.32 Å². The number of amides is 2. The van der Waals surface area contributed by atoms with Gasteiger partial charge in [0.1, 0.15) is 0 Å². The number of nitrogens with one attached hydrogen (secondary N) is 1. The van der Waals surface area contributed by atoms with E-state index in [9.17, 15) is 9.59 Å². The fourth-order valence-corrected chi connectivity index (χ4v) is 2.70. The van der Waals surface area contributed by atoms with Crippen LogP contribution in [0.5, 0.6) is 0 Å². The molecule has 1 heterocycles. The van der Waals surface area contributed by atoms with Gasteiger partial charge in [-0.1, -0.05) is 31.5 Å². The molecule has 0 bridgehead atoms. The molecule has 0 radical (unpaired) electrons. The average molecular weight is 302 g/mol. The van der Waals surface area contributed by atoms with Crippen molar-refractivity contribution in [1.29, 1.82) is 0 Å². The van der Waals surface area contributed by atoms with Crippen molar-refractivity contribution in [1.82, 2.24) is 5.32 Å². The Labute approximate surface area is 130 Å². The molecular weight excluding hydrogens is 280 g/mol. The van der Waals surface area contributed by atoms with Gasteiger partial charge >= 0.3 is 12.0 Å². The van der Waals surface area contributed by atoms with Crippen molar-refractivity contribution in [2.75, 3.05) is 11.5 Å². The Bertz CT molecular complexity index is 581. The molecule has 0 aromatic heterocycles. The number of hydrogen-bond donors (Lipinski definition) is 1. The van der Waals surface area contributed by atoms with Crippen LogP contribution in [0.4, 0.5) is 10.5 Å². The Kier molecular flexibility index (Phi) is 5.20. The number of ether oxygens (including phenoxy) is 1. The summed E-state index contributed by atoms with van der Waals surface area (Å²) in [5.74, 6) is -0.362. The summed E-state index contributed by atoms with van der Waals surface area (Å²) >= 11 is 0. The second kappa shape index (κ2) is 7.11. The first-order chi connectivity index (χ1) is 10.6. The monoisotopic (exact) mass is 302 g/mol. The van der Waals surface area contributed by atoms with Gasteiger partial charge in [-0.3, -0.25) is 4.90 Å². The molecule has 0 saturated heterocycles. The maximum Gasteiger partial charge on any atom is 0.337 e. The number of carbonyl (C=O) groups is 2. The fourth-order valence-electron chi connectivity index (χ4n) is 2.70. The van der Waals surface area contributed by atoms with Crippen LogP contribution in [0.2, 0.25) is 0 Å². The summed E-state index contributed by atoms with van der Waals surface area (Å²) in [4.78, 5) is 26.3. The second-order valence-electron chi connectivity index (χ2n) is 5.18. The van der Waals surface area contributed by atoms with Crippen LogP contribution in [0, 0.1) is 0 Å². The highest BCUT2D eigenvalue weighted by Crippen LogP contribution is 2.28. The van der Waals surface area contributed by atoms with E-state index in [4.69, 9.17) is 4.74 Å². The lowest BCUT2D eigenvalue weighted by atomic mass is 9.97. The van der Waals surface area contributed by atoms with Crippen LogP contribution in [0.25, 0.3) is 0 Å². The quantitative estimate of drug-likeness (QED) is 0.850. The number of nitrogens with zero attached hydrogens (tertiary/aromatic N) is 1. The minimum atomic E-state index is -0.362. The van der Waals surface area contributed by atoms with E-state index in [0.29, 0.717) is 24.3 Å². The van der Waals surface area contributed by atoms with Gasteiger partial charge in [0.25, 0.3) is 0 Å². The smallest absolute Gasteiger partial charge is 0.337 e. The predicted octanol–water partition coefficient (Wildman–Crippen LogP) is 3.22. The minimum Gasteiger partial charge on any atom is -0.463 e. The number of benzene rings is 1. The Balaban J connectivity index is 2.47. The molecule has 0 spiro atoms. The summed E-state index contributed by atoms with van der Waals surface area (Å²) in [6.45, 7) is 5.90. The van der Waals surface area contributed by atoms with E-state index in [-0.39, 0.29) is 18.0 Å². The Hall–Kier alpha value is -2.30. The summed E-state index contributed by atoms with van der Waals surface area (Å²) < 4.78 is 5.17. The zero-order chi connectivity index (χ0) is 16.1. The zero-order valence-electron chi connectivity index (χ0n) is 13.3. The van der Waals surface area contributed by atoms with Crippen molar-refractivity contribution in [3.63, 3.8) is 0 Å². The van der Waals surface area contributed by atoms with Crippen LogP contribution in [0.3, 0.4) is 0 Å². The largest absolute Gasteiger partial charge is 0.463 e. The van der Waals surface area contributed by atoms with Gasteiger partial charge in [0, 0.05) is 5.70 Å². The van der Waals surface area contributed by atoms with Gasteiger partial charge in [0.05, 0.1) is 23.9 Å². The first-order valence-electron chi connectivity index (χ1n) is 7.63. The number of carbonyl (C=O) groups excluding carboxylic acids is 2. The van der Waals surface area contributed by atoms with Crippen molar-refractivity contribution >= 4 is 17.7 Å². The Morgan fingerprint density at radius 1 is 1.27 bits per heavy atom. The molecule has 5 heteroatoms. The molecule has 5 nitrogen and oxygen atoms in total. The Morgan fingerprint density at radius 3 is 2.55 bits per heavy atom. The minimum absolute atomic E-state index is 0.213. The van der Waals surface area contributed by atoms with Crippen molar-refractivity contribution in [2.45, 2.75) is 39.7 Å². The third-order valence-electron chi connectivity index (χ3n) is 3.66. The molecule has 0 aliphatic carbocycles. The highest BCUT2D eigenvalue weighted by atomic mass is 16.5. The van der Waals surface area contributed by atoms with E-state index in [0.717, 1.165) is 12.1 Å². The van der Waals surface area contributed by atoms with Crippen molar-refractivity contribution < 1.29 is 14.3 Å². The molecule has 0 fully saturated rings. The molecule has 2 amide bonds. The lowest BCUT2D eigenvalue weighted by Crippen LogP contribution is -2.52. The maximum atomic E-state index is 12.4. The standard InChI is InChI=1S/C17H22N2O3/c1-4-9-14-15(16(20)22-5-2)12(3)19(17(21)18-14)13-10-7-6-8-11-13/h6-8,10-11,14H,4-5,9H2,1-3H3,(H,18,21). The van der Waals surface area contributed by atoms with E-state index in [1.165, 1.54) is 4.90 Å². The van der Waals surface area contributed by atoms with Gasteiger partial charge in [-0.2, -0.15) is 0 Å². The molecule has 118 valence electrons. The molecule has 1 N–H and O–H groups in total. The van der Waals surface area contributed by atoms with Gasteiger partial charge < -0.3 is 10.1 Å². The first kappa shape index (κ1) is 16.1. The van der Waals surface area contributed by atoms with Crippen LogP contribution in [-0.2, 0) is 9.53 Å². The van der Waals surface area contributed by atoms with Crippen molar-refractivity contribution in [3.8, 4) is 0 Å². The topological polar surface area (TPSA) is 58.6 Å². The number of para-hydroxylation sites is 1. The summed E-state index contributed by atoms with van der Waals surface area (Å²) in [5, 5.41) is 2.91. The van der Waals surface area contributed by atoms with Gasteiger partial charge in [-0.15, -0.1) is 0 Å². The number of urea groups is 1. The summed E-state index contributed by atoms with van der Waals surface area (Å²) in [6.07, 6.45) is 1.58. The van der Waals surface area contributed by atoms with Gasteiger partial charge in [-0.25, -0.2) is 9.59 Å². The number of anilines is 1. The third kappa shape index (κ3) is 3.13. The van der Waals surface area contributed by atoms with Gasteiger partial charge in [0.15, 0.2) is 0 Å². The Morgan fingerprint density at radius 2 is 1.95 bits per heavy atom. The molecule has 1 atom stereocenters. The SMILES string of the molecule is CCCC1NC(=O)N(c2ccccc2)C(C)=C1C(=O)OCC. The number of esters is 1. The van der Waals surface area contributed by atoms with Crippen LogP contribution in [0.15, 0.2) is 41.6 Å². The molecule has 1 aromatic carbocycles. The highest BCUT2D eigenvalue weighted by Gasteiger charge is 2.35. The summed E-state index contributed by atoms with van der Waals surface area (Å²) in [7, 11) is 0. The number of allylic oxidation sites excluding steroid dienone is 1. The molecular formula is C17H22N2O3. The first-order valence-corrected chi connectivity index (χ1v) is 7.63. The molecule has 0 saturated carbocycles. The maximum absolute atomic E-state index is 12.4. The van der Waals surface area contributed by atoms with Crippen molar-refractivity contribution in [3.05, 3.63) is 41.6 Å². The molecule has 2 rings (SSSR count). The van der Waals surface area contributed by atoms with Gasteiger partial charge in [0.2, 0.25) is 0 Å². The fraction of sp³-hybridized carbons (Fsp3) is 0.412. The highest BCUT2D eigenvalue weighted by molar-refractivity contribution is 6.02.